The molecule has 176 valence electrons. The van der Waals surface area contributed by atoms with E-state index in [4.69, 9.17) is 18.9 Å². The van der Waals surface area contributed by atoms with Crippen molar-refractivity contribution in [3.05, 3.63) is 47.5 Å². The molecule has 2 aromatic rings. The van der Waals surface area contributed by atoms with Crippen LogP contribution in [0, 0.1) is 0 Å². The van der Waals surface area contributed by atoms with Gasteiger partial charge in [-0.25, -0.2) is 0 Å². The van der Waals surface area contributed by atoms with Crippen molar-refractivity contribution in [1.29, 1.82) is 0 Å². The van der Waals surface area contributed by atoms with E-state index in [2.05, 4.69) is 34.1 Å². The Morgan fingerprint density at radius 3 is 2.25 bits per heavy atom. The maximum absolute atomic E-state index is 9.68. The number of aliphatic hydroxyl groups is 1. The maximum Gasteiger partial charge on any atom is 0.161 e. The summed E-state index contributed by atoms with van der Waals surface area (Å²) in [4.78, 5) is 4.89. The molecule has 0 radical (unpaired) electrons. The van der Waals surface area contributed by atoms with E-state index >= 15 is 0 Å². The smallest absolute Gasteiger partial charge is 0.161 e. The average molecular weight is 445 g/mol. The minimum absolute atomic E-state index is 0.174. The van der Waals surface area contributed by atoms with Crippen LogP contribution in [0.4, 0.5) is 0 Å². The lowest BCUT2D eigenvalue weighted by molar-refractivity contribution is 0.0498. The van der Waals surface area contributed by atoms with E-state index in [-0.39, 0.29) is 12.6 Å². The van der Waals surface area contributed by atoms with E-state index in [0.717, 1.165) is 67.7 Å². The molecule has 1 aliphatic rings. The average Bonchev–Trinajstić information content (AvgIpc) is 2.81. The van der Waals surface area contributed by atoms with Gasteiger partial charge in [-0.1, -0.05) is 6.07 Å². The fraction of sp³-hybridized carbons (Fsp3) is 0.520. The molecule has 7 heteroatoms. The lowest BCUT2D eigenvalue weighted by Gasteiger charge is -2.41. The Balaban J connectivity index is 1.68. The highest BCUT2D eigenvalue weighted by Gasteiger charge is 2.27. The summed E-state index contributed by atoms with van der Waals surface area (Å²) in [6.07, 6.45) is 0.740. The Morgan fingerprint density at radius 1 is 0.875 bits per heavy atom. The summed E-state index contributed by atoms with van der Waals surface area (Å²) in [6.45, 7) is 7.17. The molecule has 1 heterocycles. The zero-order chi connectivity index (χ0) is 22.9. The highest BCUT2D eigenvalue weighted by atomic mass is 16.5. The van der Waals surface area contributed by atoms with Gasteiger partial charge in [0.2, 0.25) is 0 Å². The predicted octanol–water partition coefficient (Wildman–Crippen LogP) is 3.18. The Bertz CT molecular complexity index is 838. The Hall–Kier alpha value is -2.48. The van der Waals surface area contributed by atoms with Crippen LogP contribution in [0.3, 0.4) is 0 Å². The second-order valence-electron chi connectivity index (χ2n) is 8.01. The molecule has 0 amide bonds. The third-order valence-electron chi connectivity index (χ3n) is 5.88. The third kappa shape index (κ3) is 6.28. The van der Waals surface area contributed by atoms with Gasteiger partial charge in [-0.15, -0.1) is 0 Å². The second kappa shape index (κ2) is 11.9. The normalized spacial score (nSPS) is 17.2. The molecule has 0 bridgehead atoms. The van der Waals surface area contributed by atoms with Crippen molar-refractivity contribution in [2.24, 2.45) is 0 Å². The molecule has 2 aromatic carbocycles. The van der Waals surface area contributed by atoms with Crippen LogP contribution >= 0.6 is 0 Å². The fourth-order valence-corrected chi connectivity index (χ4v) is 4.27. The SMILES string of the molecule is CCOc1cc(CN2CCN(Cc3cc(OC)cc(OC)c3)[C@H](CCO)C2)ccc1OC. The second-order valence-corrected chi connectivity index (χ2v) is 8.01. The van der Waals surface area contributed by atoms with E-state index in [1.807, 2.05) is 19.1 Å². The number of methoxy groups -OCH3 is 3. The molecule has 1 N–H and O–H groups in total. The number of piperazine rings is 1. The third-order valence-corrected chi connectivity index (χ3v) is 5.88. The van der Waals surface area contributed by atoms with Gasteiger partial charge in [0.15, 0.2) is 11.5 Å². The molecule has 0 aromatic heterocycles. The van der Waals surface area contributed by atoms with Crippen LogP contribution in [-0.2, 0) is 13.1 Å². The Kier molecular flexibility index (Phi) is 9.02. The molecule has 7 nitrogen and oxygen atoms in total. The van der Waals surface area contributed by atoms with Crippen LogP contribution in [-0.4, -0.2) is 75.1 Å². The minimum atomic E-state index is 0.174. The van der Waals surface area contributed by atoms with E-state index in [9.17, 15) is 5.11 Å². The van der Waals surface area contributed by atoms with Gasteiger partial charge >= 0.3 is 0 Å². The summed E-state index contributed by atoms with van der Waals surface area (Å²) in [7, 11) is 5.00. The van der Waals surface area contributed by atoms with Crippen LogP contribution in [0.5, 0.6) is 23.0 Å². The van der Waals surface area contributed by atoms with Crippen molar-refractivity contribution in [2.45, 2.75) is 32.5 Å². The number of ether oxygens (including phenoxy) is 4. The first-order valence-electron chi connectivity index (χ1n) is 11.2. The van der Waals surface area contributed by atoms with Gasteiger partial charge < -0.3 is 24.1 Å². The first-order chi connectivity index (χ1) is 15.6. The molecule has 1 fully saturated rings. The summed E-state index contributed by atoms with van der Waals surface area (Å²) in [5.74, 6) is 3.12. The number of aliphatic hydroxyl groups excluding tert-OH is 1. The summed E-state index contributed by atoms with van der Waals surface area (Å²) in [5.41, 5.74) is 2.34. The van der Waals surface area contributed by atoms with E-state index < -0.39 is 0 Å². The minimum Gasteiger partial charge on any atom is -0.497 e. The summed E-state index contributed by atoms with van der Waals surface area (Å²) in [5, 5.41) is 9.68. The zero-order valence-corrected chi connectivity index (χ0v) is 19.7. The molecule has 0 aliphatic carbocycles. The van der Waals surface area contributed by atoms with E-state index in [1.165, 1.54) is 5.56 Å². The van der Waals surface area contributed by atoms with Gasteiger partial charge in [0, 0.05) is 51.4 Å². The van der Waals surface area contributed by atoms with Crippen molar-refractivity contribution < 1.29 is 24.1 Å². The van der Waals surface area contributed by atoms with Gasteiger partial charge in [0.1, 0.15) is 11.5 Å². The molecule has 1 saturated heterocycles. The fourth-order valence-electron chi connectivity index (χ4n) is 4.27. The van der Waals surface area contributed by atoms with Gasteiger partial charge in [-0.3, -0.25) is 9.80 Å². The number of rotatable bonds is 11. The number of nitrogens with zero attached hydrogens (tertiary/aromatic N) is 2. The van der Waals surface area contributed by atoms with Crippen molar-refractivity contribution in [2.75, 3.05) is 54.2 Å². The molecule has 0 unspecified atom stereocenters. The van der Waals surface area contributed by atoms with Crippen LogP contribution < -0.4 is 18.9 Å². The topological polar surface area (TPSA) is 63.6 Å². The molecule has 0 spiro atoms. The molecule has 32 heavy (non-hydrogen) atoms. The van der Waals surface area contributed by atoms with Crippen LogP contribution in [0.2, 0.25) is 0 Å². The summed E-state index contributed by atoms with van der Waals surface area (Å²) >= 11 is 0. The monoisotopic (exact) mass is 444 g/mol. The molecular formula is C25H36N2O5. The van der Waals surface area contributed by atoms with Gasteiger partial charge in [0.05, 0.1) is 27.9 Å². The first-order valence-corrected chi connectivity index (χ1v) is 11.2. The van der Waals surface area contributed by atoms with Crippen molar-refractivity contribution in [3.8, 4) is 23.0 Å². The molecule has 0 saturated carbocycles. The number of hydrogen-bond donors (Lipinski definition) is 1. The van der Waals surface area contributed by atoms with Crippen LogP contribution in [0.25, 0.3) is 0 Å². The van der Waals surface area contributed by atoms with Gasteiger partial charge in [0.25, 0.3) is 0 Å². The summed E-state index contributed by atoms with van der Waals surface area (Å²) in [6, 6.07) is 12.4. The largest absolute Gasteiger partial charge is 0.497 e. The molecule has 3 rings (SSSR count). The van der Waals surface area contributed by atoms with E-state index in [0.29, 0.717) is 6.61 Å². The van der Waals surface area contributed by atoms with E-state index in [1.54, 1.807) is 21.3 Å². The highest BCUT2D eigenvalue weighted by molar-refractivity contribution is 5.43. The van der Waals surface area contributed by atoms with Crippen molar-refractivity contribution >= 4 is 0 Å². The highest BCUT2D eigenvalue weighted by Crippen LogP contribution is 2.29. The summed E-state index contributed by atoms with van der Waals surface area (Å²) < 4.78 is 22.0. The Morgan fingerprint density at radius 2 is 1.62 bits per heavy atom. The molecule has 1 atom stereocenters. The lowest BCUT2D eigenvalue weighted by atomic mass is 10.1. The van der Waals surface area contributed by atoms with Gasteiger partial charge in [-0.05, 0) is 48.7 Å². The van der Waals surface area contributed by atoms with Crippen molar-refractivity contribution in [3.63, 3.8) is 0 Å². The molecule has 1 aliphatic heterocycles. The first kappa shape index (κ1) is 24.2. The van der Waals surface area contributed by atoms with Crippen LogP contribution in [0.15, 0.2) is 36.4 Å². The van der Waals surface area contributed by atoms with Crippen molar-refractivity contribution in [1.82, 2.24) is 9.80 Å². The quantitative estimate of drug-likeness (QED) is 0.571. The zero-order valence-electron chi connectivity index (χ0n) is 19.7. The standard InChI is InChI=1S/C25H36N2O5/c1-5-32-25-14-19(6-7-24(25)31-4)16-26-9-10-27(21(18-26)8-11-28)17-20-12-22(29-2)15-23(13-20)30-3/h6-7,12-15,21,28H,5,8-11,16-18H2,1-4H3/t21-/m1/s1. The van der Waals surface area contributed by atoms with Gasteiger partial charge in [-0.2, -0.15) is 0 Å². The maximum atomic E-state index is 9.68. The number of benzene rings is 2. The number of hydrogen-bond acceptors (Lipinski definition) is 7. The lowest BCUT2D eigenvalue weighted by Crippen LogP contribution is -2.52. The predicted molar refractivity (Wildman–Crippen MR) is 125 cm³/mol. The molecular weight excluding hydrogens is 408 g/mol. The van der Waals surface area contributed by atoms with Crippen LogP contribution in [0.1, 0.15) is 24.5 Å². The Labute approximate surface area is 191 Å².